The Hall–Kier alpha value is -2.35. The van der Waals surface area contributed by atoms with E-state index in [1.54, 1.807) is 0 Å². The lowest BCUT2D eigenvalue weighted by Crippen LogP contribution is -2.07. The predicted molar refractivity (Wildman–Crippen MR) is 79.9 cm³/mol. The first-order chi connectivity index (χ1) is 10.3. The number of hydrogen-bond donors (Lipinski definition) is 0. The molecule has 0 saturated heterocycles. The van der Waals surface area contributed by atoms with Crippen molar-refractivity contribution in [1.29, 1.82) is 5.26 Å². The second-order valence-corrected chi connectivity index (χ2v) is 4.84. The monoisotopic (exact) mass is 284 g/mol. The highest BCUT2D eigenvalue weighted by atomic mass is 16.5. The van der Waals surface area contributed by atoms with Crippen molar-refractivity contribution in [2.75, 3.05) is 6.61 Å². The van der Waals surface area contributed by atoms with Crippen LogP contribution in [0.3, 0.4) is 0 Å². The Morgan fingerprint density at radius 1 is 1.24 bits per heavy atom. The van der Waals surface area contributed by atoms with Crippen LogP contribution in [-0.4, -0.2) is 21.6 Å². The molecule has 0 saturated carbocycles. The number of benzene rings is 1. The van der Waals surface area contributed by atoms with E-state index >= 15 is 0 Å². The van der Waals surface area contributed by atoms with Crippen LogP contribution in [0, 0.1) is 11.3 Å². The van der Waals surface area contributed by atoms with Crippen LogP contribution < -0.4 is 4.74 Å². The standard InChI is InChI=1S/C16H20N4O/c1-2-8-16-15(13-17)18-19-20(16)11-6-7-12-21-14-9-4-3-5-10-14/h3-5,9-10H,2,6-8,11-12H2,1H3. The van der Waals surface area contributed by atoms with E-state index in [0.29, 0.717) is 12.3 Å². The molecule has 0 aliphatic heterocycles. The summed E-state index contributed by atoms with van der Waals surface area (Å²) in [4.78, 5) is 0. The molecule has 0 spiro atoms. The fraction of sp³-hybridized carbons (Fsp3) is 0.438. The molecule has 1 aromatic carbocycles. The van der Waals surface area contributed by atoms with Crippen molar-refractivity contribution >= 4 is 0 Å². The lowest BCUT2D eigenvalue weighted by atomic mass is 10.2. The highest BCUT2D eigenvalue weighted by Crippen LogP contribution is 2.11. The average molecular weight is 284 g/mol. The summed E-state index contributed by atoms with van der Waals surface area (Å²) in [5, 5.41) is 17.0. The largest absolute Gasteiger partial charge is 0.494 e. The summed E-state index contributed by atoms with van der Waals surface area (Å²) in [6.07, 6.45) is 3.73. The number of aryl methyl sites for hydroxylation is 1. The maximum atomic E-state index is 9.01. The van der Waals surface area contributed by atoms with Gasteiger partial charge in [-0.1, -0.05) is 36.8 Å². The first-order valence-corrected chi connectivity index (χ1v) is 7.35. The Balaban J connectivity index is 1.76. The minimum atomic E-state index is 0.456. The van der Waals surface area contributed by atoms with Crippen LogP contribution in [0.25, 0.3) is 0 Å². The van der Waals surface area contributed by atoms with Gasteiger partial charge in [0.1, 0.15) is 11.8 Å². The number of hydrogen-bond acceptors (Lipinski definition) is 4. The lowest BCUT2D eigenvalue weighted by molar-refractivity contribution is 0.301. The summed E-state index contributed by atoms with van der Waals surface area (Å²) in [5.74, 6) is 0.900. The number of aromatic nitrogens is 3. The van der Waals surface area contributed by atoms with Gasteiger partial charge in [-0.3, -0.25) is 0 Å². The van der Waals surface area contributed by atoms with Gasteiger partial charge < -0.3 is 4.74 Å². The Morgan fingerprint density at radius 3 is 2.76 bits per heavy atom. The fourth-order valence-electron chi connectivity index (χ4n) is 2.15. The average Bonchev–Trinajstić information content (AvgIpc) is 2.91. The number of nitrogens with zero attached hydrogens (tertiary/aromatic N) is 4. The van der Waals surface area contributed by atoms with E-state index in [1.165, 1.54) is 0 Å². The van der Waals surface area contributed by atoms with Crippen LogP contribution in [-0.2, 0) is 13.0 Å². The molecule has 0 radical (unpaired) electrons. The molecule has 2 rings (SSSR count). The van der Waals surface area contributed by atoms with E-state index in [9.17, 15) is 0 Å². The number of ether oxygens (including phenoxy) is 1. The molecule has 110 valence electrons. The van der Waals surface area contributed by atoms with Crippen LogP contribution in [0.2, 0.25) is 0 Å². The molecule has 1 heterocycles. The van der Waals surface area contributed by atoms with Crippen molar-refractivity contribution in [2.45, 2.75) is 39.2 Å². The smallest absolute Gasteiger partial charge is 0.185 e. The summed E-state index contributed by atoms with van der Waals surface area (Å²) in [7, 11) is 0. The Bertz CT molecular complexity index is 586. The topological polar surface area (TPSA) is 63.7 Å². The van der Waals surface area contributed by atoms with Crippen molar-refractivity contribution < 1.29 is 4.74 Å². The van der Waals surface area contributed by atoms with Crippen LogP contribution in [0.4, 0.5) is 0 Å². The predicted octanol–water partition coefficient (Wildman–Crippen LogP) is 2.96. The SMILES string of the molecule is CCCc1c(C#N)nnn1CCCCOc1ccccc1. The van der Waals surface area contributed by atoms with Gasteiger partial charge in [0.25, 0.3) is 0 Å². The molecule has 0 N–H and O–H groups in total. The van der Waals surface area contributed by atoms with Gasteiger partial charge in [-0.25, -0.2) is 4.68 Å². The zero-order valence-corrected chi connectivity index (χ0v) is 12.3. The zero-order valence-electron chi connectivity index (χ0n) is 12.3. The molecule has 21 heavy (non-hydrogen) atoms. The first kappa shape index (κ1) is 15.0. The van der Waals surface area contributed by atoms with E-state index < -0.39 is 0 Å². The van der Waals surface area contributed by atoms with E-state index in [0.717, 1.165) is 43.7 Å². The Morgan fingerprint density at radius 2 is 2.05 bits per heavy atom. The molecule has 0 fully saturated rings. The molecule has 2 aromatic rings. The molecule has 5 nitrogen and oxygen atoms in total. The van der Waals surface area contributed by atoms with E-state index in [2.05, 4.69) is 23.3 Å². The number of rotatable bonds is 8. The quantitative estimate of drug-likeness (QED) is 0.699. The summed E-state index contributed by atoms with van der Waals surface area (Å²) in [6.45, 7) is 3.56. The minimum absolute atomic E-state index is 0.456. The summed E-state index contributed by atoms with van der Waals surface area (Å²) in [6, 6.07) is 11.9. The third kappa shape index (κ3) is 4.32. The molecule has 0 unspecified atom stereocenters. The second kappa shape index (κ2) is 8.05. The van der Waals surface area contributed by atoms with Gasteiger partial charge in [-0.2, -0.15) is 5.26 Å². The maximum absolute atomic E-state index is 9.01. The van der Waals surface area contributed by atoms with Gasteiger partial charge in [0, 0.05) is 6.54 Å². The highest BCUT2D eigenvalue weighted by molar-refractivity contribution is 5.24. The van der Waals surface area contributed by atoms with Gasteiger partial charge in [0.05, 0.1) is 12.3 Å². The van der Waals surface area contributed by atoms with Crippen LogP contribution >= 0.6 is 0 Å². The molecule has 0 amide bonds. The molecular weight excluding hydrogens is 264 g/mol. The van der Waals surface area contributed by atoms with Crippen molar-refractivity contribution in [2.24, 2.45) is 0 Å². The highest BCUT2D eigenvalue weighted by Gasteiger charge is 2.10. The van der Waals surface area contributed by atoms with E-state index in [-0.39, 0.29) is 0 Å². The van der Waals surface area contributed by atoms with E-state index in [4.69, 9.17) is 10.00 Å². The molecular formula is C16H20N4O. The summed E-state index contributed by atoms with van der Waals surface area (Å²) in [5.41, 5.74) is 1.40. The Kier molecular flexibility index (Phi) is 5.77. The molecule has 0 aliphatic rings. The van der Waals surface area contributed by atoms with Gasteiger partial charge in [0.2, 0.25) is 0 Å². The molecule has 0 bridgehead atoms. The Labute approximate surface area is 125 Å². The maximum Gasteiger partial charge on any atom is 0.185 e. The second-order valence-electron chi connectivity index (χ2n) is 4.84. The van der Waals surface area contributed by atoms with Gasteiger partial charge in [-0.15, -0.1) is 5.10 Å². The summed E-state index contributed by atoms with van der Waals surface area (Å²) >= 11 is 0. The fourth-order valence-corrected chi connectivity index (χ4v) is 2.15. The molecule has 1 aromatic heterocycles. The molecule has 0 aliphatic carbocycles. The number of nitriles is 1. The van der Waals surface area contributed by atoms with Crippen molar-refractivity contribution in [3.05, 3.63) is 41.7 Å². The number of para-hydroxylation sites is 1. The minimum Gasteiger partial charge on any atom is -0.494 e. The van der Waals surface area contributed by atoms with E-state index in [1.807, 2.05) is 35.0 Å². The lowest BCUT2D eigenvalue weighted by Gasteiger charge is -2.07. The summed E-state index contributed by atoms with van der Waals surface area (Å²) < 4.78 is 7.50. The van der Waals surface area contributed by atoms with Gasteiger partial charge in [0.15, 0.2) is 5.69 Å². The zero-order chi connectivity index (χ0) is 14.9. The van der Waals surface area contributed by atoms with Gasteiger partial charge in [-0.05, 0) is 31.4 Å². The van der Waals surface area contributed by atoms with Crippen molar-refractivity contribution in [3.63, 3.8) is 0 Å². The number of unbranched alkanes of at least 4 members (excludes halogenated alkanes) is 1. The first-order valence-electron chi connectivity index (χ1n) is 7.35. The normalized spacial score (nSPS) is 10.3. The van der Waals surface area contributed by atoms with Crippen LogP contribution in [0.15, 0.2) is 30.3 Å². The van der Waals surface area contributed by atoms with Crippen LogP contribution in [0.1, 0.15) is 37.6 Å². The third-order valence-electron chi connectivity index (χ3n) is 3.21. The van der Waals surface area contributed by atoms with Crippen LogP contribution in [0.5, 0.6) is 5.75 Å². The molecule has 5 heteroatoms. The third-order valence-corrected chi connectivity index (χ3v) is 3.21. The van der Waals surface area contributed by atoms with Gasteiger partial charge >= 0.3 is 0 Å². The van der Waals surface area contributed by atoms with Crippen molar-refractivity contribution in [1.82, 2.24) is 15.0 Å². The van der Waals surface area contributed by atoms with Crippen molar-refractivity contribution in [3.8, 4) is 11.8 Å². The molecule has 0 atom stereocenters.